The van der Waals surface area contributed by atoms with Crippen LogP contribution in [-0.4, -0.2) is 5.97 Å². The van der Waals surface area contributed by atoms with Crippen LogP contribution >= 0.6 is 11.6 Å². The summed E-state index contributed by atoms with van der Waals surface area (Å²) >= 11 is 6.09. The maximum atomic E-state index is 12.7. The molecule has 0 fully saturated rings. The molecule has 0 unspecified atom stereocenters. The zero-order valence-corrected chi connectivity index (χ0v) is 13.3. The van der Waals surface area contributed by atoms with E-state index in [0.29, 0.717) is 16.2 Å². The van der Waals surface area contributed by atoms with E-state index < -0.39 is 11.4 Å². The number of hydrogen-bond acceptors (Lipinski definition) is 4. The van der Waals surface area contributed by atoms with Gasteiger partial charge >= 0.3 is 5.97 Å². The van der Waals surface area contributed by atoms with Gasteiger partial charge < -0.3 is 9.15 Å². The summed E-state index contributed by atoms with van der Waals surface area (Å²) in [5.41, 5.74) is 1.41. The quantitative estimate of drug-likeness (QED) is 0.656. The summed E-state index contributed by atoms with van der Waals surface area (Å²) in [6.07, 6.45) is 0. The van der Waals surface area contributed by atoms with Crippen molar-refractivity contribution in [3.63, 3.8) is 0 Å². The molecule has 0 aliphatic rings. The number of rotatable bonds is 2. The molecule has 116 valence electrons. The number of aryl methyl sites for hydroxylation is 1. The second-order valence-electron chi connectivity index (χ2n) is 5.15. The van der Waals surface area contributed by atoms with Crippen molar-refractivity contribution in [2.45, 2.75) is 13.8 Å². The fourth-order valence-electron chi connectivity index (χ4n) is 2.31. The van der Waals surface area contributed by atoms with E-state index in [4.69, 9.17) is 20.8 Å². The first-order chi connectivity index (χ1) is 11.0. The standard InChI is InChI=1S/C18H13ClO4/c1-10-8-15-13(9-14(10)19)16(21)18(22-11(2)20)17(23-15)12-6-4-3-5-7-12/h3-9H,1-2H3. The fraction of sp³-hybridized carbons (Fsp3) is 0.111. The first-order valence-corrected chi connectivity index (χ1v) is 7.36. The van der Waals surface area contributed by atoms with Crippen LogP contribution in [0.5, 0.6) is 5.75 Å². The first kappa shape index (κ1) is 15.3. The molecule has 0 atom stereocenters. The van der Waals surface area contributed by atoms with Crippen LogP contribution in [0.1, 0.15) is 12.5 Å². The number of benzene rings is 2. The number of hydrogen-bond donors (Lipinski definition) is 0. The second kappa shape index (κ2) is 5.89. The molecule has 0 spiro atoms. The zero-order chi connectivity index (χ0) is 16.6. The highest BCUT2D eigenvalue weighted by atomic mass is 35.5. The number of esters is 1. The summed E-state index contributed by atoms with van der Waals surface area (Å²) in [5.74, 6) is -0.497. The van der Waals surface area contributed by atoms with Crippen molar-refractivity contribution < 1.29 is 13.9 Å². The summed E-state index contributed by atoms with van der Waals surface area (Å²) in [5, 5.41) is 0.725. The van der Waals surface area contributed by atoms with Gasteiger partial charge in [-0.3, -0.25) is 9.59 Å². The molecule has 0 N–H and O–H groups in total. The SMILES string of the molecule is CC(=O)Oc1c(-c2ccccc2)oc2cc(C)c(Cl)cc2c1=O. The molecule has 5 heteroatoms. The van der Waals surface area contributed by atoms with E-state index in [1.807, 2.05) is 25.1 Å². The smallest absolute Gasteiger partial charge is 0.308 e. The third-order valence-corrected chi connectivity index (χ3v) is 3.82. The molecule has 0 bridgehead atoms. The number of halogens is 1. The number of ether oxygens (including phenoxy) is 1. The van der Waals surface area contributed by atoms with Gasteiger partial charge in [0, 0.05) is 17.5 Å². The largest absolute Gasteiger partial charge is 0.452 e. The van der Waals surface area contributed by atoms with Gasteiger partial charge in [0.15, 0.2) is 5.76 Å². The lowest BCUT2D eigenvalue weighted by atomic mass is 10.1. The van der Waals surface area contributed by atoms with Gasteiger partial charge in [-0.15, -0.1) is 0 Å². The molecular formula is C18H13ClO4. The van der Waals surface area contributed by atoms with Crippen molar-refractivity contribution in [1.29, 1.82) is 0 Å². The van der Waals surface area contributed by atoms with E-state index >= 15 is 0 Å². The average molecular weight is 329 g/mol. The van der Waals surface area contributed by atoms with Crippen LogP contribution < -0.4 is 10.2 Å². The lowest BCUT2D eigenvalue weighted by Crippen LogP contribution is -2.13. The predicted molar refractivity (Wildman–Crippen MR) is 89.0 cm³/mol. The molecule has 2 aromatic carbocycles. The highest BCUT2D eigenvalue weighted by Gasteiger charge is 2.19. The van der Waals surface area contributed by atoms with Crippen LogP contribution in [-0.2, 0) is 4.79 Å². The number of carbonyl (C=O) groups excluding carboxylic acids is 1. The Labute approximate surface area is 137 Å². The summed E-state index contributed by atoms with van der Waals surface area (Å²) in [7, 11) is 0. The molecule has 0 saturated heterocycles. The third kappa shape index (κ3) is 2.85. The lowest BCUT2D eigenvalue weighted by molar-refractivity contribution is -0.131. The summed E-state index contributed by atoms with van der Waals surface area (Å²) in [6, 6.07) is 12.2. The molecule has 1 heterocycles. The van der Waals surface area contributed by atoms with Crippen molar-refractivity contribution in [1.82, 2.24) is 0 Å². The topological polar surface area (TPSA) is 56.5 Å². The van der Waals surface area contributed by atoms with Crippen molar-refractivity contribution in [2.24, 2.45) is 0 Å². The Kier molecular flexibility index (Phi) is 3.92. The van der Waals surface area contributed by atoms with Crippen LogP contribution in [0.25, 0.3) is 22.3 Å². The highest BCUT2D eigenvalue weighted by Crippen LogP contribution is 2.32. The molecule has 3 rings (SSSR count). The highest BCUT2D eigenvalue weighted by molar-refractivity contribution is 6.32. The Hall–Kier alpha value is -2.59. The van der Waals surface area contributed by atoms with Crippen LogP contribution in [0.15, 0.2) is 51.7 Å². The molecule has 0 aliphatic heterocycles. The Morgan fingerprint density at radius 3 is 2.52 bits per heavy atom. The molecule has 3 aromatic rings. The van der Waals surface area contributed by atoms with E-state index in [2.05, 4.69) is 0 Å². The molecule has 4 nitrogen and oxygen atoms in total. The van der Waals surface area contributed by atoms with Crippen molar-refractivity contribution in [3.8, 4) is 17.1 Å². The molecule has 23 heavy (non-hydrogen) atoms. The molecule has 1 aromatic heterocycles. The molecule has 0 saturated carbocycles. The minimum Gasteiger partial charge on any atom is -0.452 e. The van der Waals surface area contributed by atoms with E-state index in [-0.39, 0.29) is 16.9 Å². The van der Waals surface area contributed by atoms with Gasteiger partial charge in [-0.1, -0.05) is 41.9 Å². The maximum absolute atomic E-state index is 12.7. The maximum Gasteiger partial charge on any atom is 0.308 e. The predicted octanol–water partition coefficient (Wildman–Crippen LogP) is 4.35. The van der Waals surface area contributed by atoms with Gasteiger partial charge in [-0.25, -0.2) is 0 Å². The normalized spacial score (nSPS) is 10.7. The van der Waals surface area contributed by atoms with Crippen LogP contribution in [0.4, 0.5) is 0 Å². The lowest BCUT2D eigenvalue weighted by Gasteiger charge is -2.10. The van der Waals surface area contributed by atoms with Crippen LogP contribution in [0.2, 0.25) is 5.02 Å². The molecule has 0 amide bonds. The van der Waals surface area contributed by atoms with Gasteiger partial charge in [-0.05, 0) is 24.6 Å². The van der Waals surface area contributed by atoms with Gasteiger partial charge in [0.2, 0.25) is 11.2 Å². The first-order valence-electron chi connectivity index (χ1n) is 6.98. The summed E-state index contributed by atoms with van der Waals surface area (Å²) in [6.45, 7) is 3.06. The van der Waals surface area contributed by atoms with Gasteiger partial charge in [0.25, 0.3) is 0 Å². The minimum absolute atomic E-state index is 0.129. The van der Waals surface area contributed by atoms with Gasteiger partial charge in [-0.2, -0.15) is 0 Å². The third-order valence-electron chi connectivity index (χ3n) is 3.41. The van der Waals surface area contributed by atoms with Gasteiger partial charge in [0.05, 0.1) is 5.39 Å². The number of fused-ring (bicyclic) bond motifs is 1. The van der Waals surface area contributed by atoms with Crippen LogP contribution in [0, 0.1) is 6.92 Å². The summed E-state index contributed by atoms with van der Waals surface area (Å²) < 4.78 is 11.0. The van der Waals surface area contributed by atoms with Crippen molar-refractivity contribution in [3.05, 3.63) is 63.3 Å². The van der Waals surface area contributed by atoms with Crippen molar-refractivity contribution in [2.75, 3.05) is 0 Å². The fourth-order valence-corrected chi connectivity index (χ4v) is 2.48. The minimum atomic E-state index is -0.591. The molecule has 0 radical (unpaired) electrons. The molecular weight excluding hydrogens is 316 g/mol. The van der Waals surface area contributed by atoms with Crippen LogP contribution in [0.3, 0.4) is 0 Å². The van der Waals surface area contributed by atoms with Gasteiger partial charge in [0.1, 0.15) is 5.58 Å². The monoisotopic (exact) mass is 328 g/mol. The summed E-state index contributed by atoms with van der Waals surface area (Å²) in [4.78, 5) is 24.1. The average Bonchev–Trinajstić information content (AvgIpc) is 2.52. The Bertz CT molecular complexity index is 958. The molecule has 0 aliphatic carbocycles. The van der Waals surface area contributed by atoms with E-state index in [9.17, 15) is 9.59 Å². The Balaban J connectivity index is 2.39. The number of carbonyl (C=O) groups is 1. The van der Waals surface area contributed by atoms with E-state index in [1.165, 1.54) is 13.0 Å². The van der Waals surface area contributed by atoms with E-state index in [0.717, 1.165) is 5.56 Å². The zero-order valence-electron chi connectivity index (χ0n) is 12.6. The van der Waals surface area contributed by atoms with Crippen molar-refractivity contribution >= 4 is 28.5 Å². The van der Waals surface area contributed by atoms with E-state index in [1.54, 1.807) is 18.2 Å². The Morgan fingerprint density at radius 2 is 1.87 bits per heavy atom. The Morgan fingerprint density at radius 1 is 1.17 bits per heavy atom. The second-order valence-corrected chi connectivity index (χ2v) is 5.55.